The Balaban J connectivity index is 1.70. The van der Waals surface area contributed by atoms with Gasteiger partial charge in [0.1, 0.15) is 11.4 Å². The van der Waals surface area contributed by atoms with Gasteiger partial charge in [0.05, 0.1) is 6.20 Å². The van der Waals surface area contributed by atoms with Gasteiger partial charge in [-0.25, -0.2) is 0 Å². The summed E-state index contributed by atoms with van der Waals surface area (Å²) in [5.41, 5.74) is 7.80. The standard InChI is InChI=1S/C19H27N5O/c1-3-7-16-14-24(19(25)17-12-21-22(2)18(17)20)11-10-23(16)13-15-8-5-4-6-9-15/h4-6,8-9,12,16H,3,7,10-11,13-14,20H2,1-2H3/t16-/m0/s1. The molecule has 0 unspecified atom stereocenters. The number of hydrogen-bond acceptors (Lipinski definition) is 4. The number of aryl methyl sites for hydroxylation is 1. The maximum Gasteiger partial charge on any atom is 0.259 e. The van der Waals surface area contributed by atoms with E-state index in [2.05, 4.69) is 41.2 Å². The van der Waals surface area contributed by atoms with E-state index in [-0.39, 0.29) is 5.91 Å². The van der Waals surface area contributed by atoms with E-state index in [1.807, 2.05) is 11.0 Å². The van der Waals surface area contributed by atoms with Crippen molar-refractivity contribution < 1.29 is 4.79 Å². The lowest BCUT2D eigenvalue weighted by atomic mass is 10.0. The Labute approximate surface area is 149 Å². The van der Waals surface area contributed by atoms with Gasteiger partial charge in [-0.05, 0) is 12.0 Å². The van der Waals surface area contributed by atoms with Gasteiger partial charge in [0, 0.05) is 39.3 Å². The summed E-state index contributed by atoms with van der Waals surface area (Å²) in [6.45, 7) is 5.47. The fourth-order valence-corrected chi connectivity index (χ4v) is 3.49. The molecule has 1 aliphatic rings. The van der Waals surface area contributed by atoms with Gasteiger partial charge in [-0.15, -0.1) is 0 Å². The number of nitrogens with two attached hydrogens (primary N) is 1. The number of carbonyl (C=O) groups is 1. The minimum absolute atomic E-state index is 0.00827. The van der Waals surface area contributed by atoms with Crippen molar-refractivity contribution in [1.29, 1.82) is 0 Å². The zero-order valence-corrected chi connectivity index (χ0v) is 15.1. The van der Waals surface area contributed by atoms with E-state index in [0.717, 1.165) is 39.0 Å². The Bertz CT molecular complexity index is 712. The molecule has 1 fully saturated rings. The van der Waals surface area contributed by atoms with Gasteiger partial charge in [-0.3, -0.25) is 14.4 Å². The molecule has 2 heterocycles. The second-order valence-corrected chi connectivity index (χ2v) is 6.72. The lowest BCUT2D eigenvalue weighted by Gasteiger charge is -2.41. The number of piperazine rings is 1. The van der Waals surface area contributed by atoms with E-state index >= 15 is 0 Å². The van der Waals surface area contributed by atoms with Crippen LogP contribution in [0.5, 0.6) is 0 Å². The van der Waals surface area contributed by atoms with Crippen molar-refractivity contribution in [2.45, 2.75) is 32.4 Å². The topological polar surface area (TPSA) is 67.4 Å². The summed E-state index contributed by atoms with van der Waals surface area (Å²) < 4.78 is 1.54. The number of hydrogen-bond donors (Lipinski definition) is 1. The van der Waals surface area contributed by atoms with Gasteiger partial charge >= 0.3 is 0 Å². The van der Waals surface area contributed by atoms with Crippen LogP contribution in [-0.2, 0) is 13.6 Å². The Morgan fingerprint density at radius 1 is 1.28 bits per heavy atom. The first-order chi connectivity index (χ1) is 12.1. The maximum atomic E-state index is 12.8. The first-order valence-electron chi connectivity index (χ1n) is 8.95. The van der Waals surface area contributed by atoms with Gasteiger partial charge in [0.25, 0.3) is 5.91 Å². The highest BCUT2D eigenvalue weighted by Crippen LogP contribution is 2.21. The summed E-state index contributed by atoms with van der Waals surface area (Å²) in [5.74, 6) is 0.426. The number of nitrogen functional groups attached to an aromatic ring is 1. The minimum atomic E-state index is -0.00827. The molecule has 1 saturated heterocycles. The average Bonchev–Trinajstić information content (AvgIpc) is 2.96. The molecular weight excluding hydrogens is 314 g/mol. The van der Waals surface area contributed by atoms with Gasteiger partial charge in [-0.1, -0.05) is 43.7 Å². The molecule has 0 aliphatic carbocycles. The third-order valence-corrected chi connectivity index (χ3v) is 4.96. The molecule has 1 amide bonds. The Hall–Kier alpha value is -2.34. The van der Waals surface area contributed by atoms with Crippen molar-refractivity contribution in [1.82, 2.24) is 19.6 Å². The average molecular weight is 341 g/mol. The molecule has 3 rings (SSSR count). The van der Waals surface area contributed by atoms with E-state index < -0.39 is 0 Å². The Morgan fingerprint density at radius 2 is 2.04 bits per heavy atom. The predicted molar refractivity (Wildman–Crippen MR) is 99.1 cm³/mol. The van der Waals surface area contributed by atoms with Crippen LogP contribution in [0, 0.1) is 0 Å². The molecular formula is C19H27N5O. The molecule has 1 aromatic heterocycles. The molecule has 0 radical (unpaired) electrons. The number of nitrogens with zero attached hydrogens (tertiary/aromatic N) is 4. The van der Waals surface area contributed by atoms with Crippen LogP contribution in [0.3, 0.4) is 0 Å². The van der Waals surface area contributed by atoms with Crippen LogP contribution in [0.15, 0.2) is 36.5 Å². The van der Waals surface area contributed by atoms with E-state index in [1.165, 1.54) is 5.56 Å². The third-order valence-electron chi connectivity index (χ3n) is 4.96. The first kappa shape index (κ1) is 17.5. The smallest absolute Gasteiger partial charge is 0.259 e. The molecule has 2 N–H and O–H groups in total. The Kier molecular flexibility index (Phi) is 5.38. The molecule has 6 heteroatoms. The predicted octanol–water partition coefficient (Wildman–Crippen LogP) is 2.13. The van der Waals surface area contributed by atoms with Crippen LogP contribution in [0.25, 0.3) is 0 Å². The van der Waals surface area contributed by atoms with E-state index in [1.54, 1.807) is 17.9 Å². The molecule has 134 valence electrons. The monoisotopic (exact) mass is 341 g/mol. The largest absolute Gasteiger partial charge is 0.383 e. The zero-order chi connectivity index (χ0) is 17.8. The third kappa shape index (κ3) is 3.85. The normalized spacial score (nSPS) is 18.5. The summed E-state index contributed by atoms with van der Waals surface area (Å²) in [7, 11) is 1.75. The molecule has 1 aliphatic heterocycles. The summed E-state index contributed by atoms with van der Waals surface area (Å²) in [5, 5.41) is 4.09. The van der Waals surface area contributed by atoms with Crippen molar-refractivity contribution in [3.63, 3.8) is 0 Å². The molecule has 0 saturated carbocycles. The number of benzene rings is 1. The van der Waals surface area contributed by atoms with Crippen molar-refractivity contribution in [3.8, 4) is 0 Å². The fraction of sp³-hybridized carbons (Fsp3) is 0.474. The van der Waals surface area contributed by atoms with E-state index in [9.17, 15) is 4.79 Å². The van der Waals surface area contributed by atoms with Crippen LogP contribution >= 0.6 is 0 Å². The number of aromatic nitrogens is 2. The van der Waals surface area contributed by atoms with Crippen molar-refractivity contribution in [2.24, 2.45) is 7.05 Å². The molecule has 6 nitrogen and oxygen atoms in total. The van der Waals surface area contributed by atoms with Gasteiger partial charge in [-0.2, -0.15) is 5.10 Å². The lowest BCUT2D eigenvalue weighted by molar-refractivity contribution is 0.0439. The highest BCUT2D eigenvalue weighted by Gasteiger charge is 2.30. The molecule has 1 aromatic carbocycles. The van der Waals surface area contributed by atoms with Gasteiger partial charge in [0.2, 0.25) is 0 Å². The molecule has 25 heavy (non-hydrogen) atoms. The quantitative estimate of drug-likeness (QED) is 0.905. The van der Waals surface area contributed by atoms with Gasteiger partial charge in [0.15, 0.2) is 0 Å². The van der Waals surface area contributed by atoms with Crippen LogP contribution in [0.1, 0.15) is 35.7 Å². The number of amides is 1. The SMILES string of the molecule is CCC[C@H]1CN(C(=O)c2cnn(C)c2N)CCN1Cc1ccccc1. The number of rotatable bonds is 5. The molecule has 0 bridgehead atoms. The number of anilines is 1. The van der Waals surface area contributed by atoms with Crippen LogP contribution in [0.4, 0.5) is 5.82 Å². The van der Waals surface area contributed by atoms with Crippen molar-refractivity contribution >= 4 is 11.7 Å². The van der Waals surface area contributed by atoms with Crippen LogP contribution < -0.4 is 5.73 Å². The number of carbonyl (C=O) groups excluding carboxylic acids is 1. The zero-order valence-electron chi connectivity index (χ0n) is 15.1. The molecule has 2 aromatic rings. The fourth-order valence-electron chi connectivity index (χ4n) is 3.49. The van der Waals surface area contributed by atoms with E-state index in [4.69, 9.17) is 5.73 Å². The minimum Gasteiger partial charge on any atom is -0.383 e. The van der Waals surface area contributed by atoms with Crippen molar-refractivity contribution in [2.75, 3.05) is 25.4 Å². The molecule has 0 spiro atoms. The maximum absolute atomic E-state index is 12.8. The second-order valence-electron chi connectivity index (χ2n) is 6.72. The van der Waals surface area contributed by atoms with Crippen LogP contribution in [0.2, 0.25) is 0 Å². The summed E-state index contributed by atoms with van der Waals surface area (Å²) in [4.78, 5) is 17.2. The highest BCUT2D eigenvalue weighted by atomic mass is 16.2. The first-order valence-corrected chi connectivity index (χ1v) is 8.95. The summed E-state index contributed by atoms with van der Waals surface area (Å²) >= 11 is 0. The summed E-state index contributed by atoms with van der Waals surface area (Å²) in [6, 6.07) is 10.9. The van der Waals surface area contributed by atoms with E-state index in [0.29, 0.717) is 17.4 Å². The van der Waals surface area contributed by atoms with Crippen molar-refractivity contribution in [3.05, 3.63) is 47.7 Å². The molecule has 1 atom stereocenters. The Morgan fingerprint density at radius 3 is 2.68 bits per heavy atom. The summed E-state index contributed by atoms with van der Waals surface area (Å²) in [6.07, 6.45) is 3.76. The highest BCUT2D eigenvalue weighted by molar-refractivity contribution is 5.98. The second kappa shape index (κ2) is 7.70. The van der Waals surface area contributed by atoms with Gasteiger partial charge < -0.3 is 10.6 Å². The lowest BCUT2D eigenvalue weighted by Crippen LogP contribution is -2.54. The van der Waals surface area contributed by atoms with Crippen LogP contribution in [-0.4, -0.2) is 51.2 Å².